The lowest BCUT2D eigenvalue weighted by atomic mass is 10.1. The Hall–Kier alpha value is -3.28. The molecule has 8 nitrogen and oxygen atoms in total. The van der Waals surface area contributed by atoms with Crippen LogP contribution in [0.25, 0.3) is 0 Å². The van der Waals surface area contributed by atoms with Gasteiger partial charge in [-0.3, -0.25) is 13.9 Å². The van der Waals surface area contributed by atoms with Crippen LogP contribution < -0.4 is 14.4 Å². The summed E-state index contributed by atoms with van der Waals surface area (Å²) in [5.74, 6) is -0.0539. The maximum absolute atomic E-state index is 13.4. The molecule has 12 heteroatoms. The Morgan fingerprint density at radius 2 is 1.72 bits per heavy atom. The van der Waals surface area contributed by atoms with Crippen LogP contribution in [0, 0.1) is 0 Å². The largest absolute Gasteiger partial charge is 0.497 e. The highest BCUT2D eigenvalue weighted by Crippen LogP contribution is 2.32. The molecular formula is C27H36F3N3O5S. The van der Waals surface area contributed by atoms with Crippen LogP contribution in [-0.4, -0.2) is 57.1 Å². The van der Waals surface area contributed by atoms with Crippen LogP contribution in [-0.2, 0) is 32.3 Å². The van der Waals surface area contributed by atoms with Crippen LogP contribution in [0.3, 0.4) is 0 Å². The fraction of sp³-hybridized carbons (Fsp3) is 0.481. The van der Waals surface area contributed by atoms with E-state index in [-0.39, 0.29) is 49.5 Å². The zero-order valence-electron chi connectivity index (χ0n) is 22.8. The third kappa shape index (κ3) is 9.45. The molecule has 0 fully saturated rings. The minimum Gasteiger partial charge on any atom is -0.497 e. The van der Waals surface area contributed by atoms with Gasteiger partial charge in [-0.15, -0.1) is 0 Å². The Morgan fingerprint density at radius 1 is 1.08 bits per heavy atom. The van der Waals surface area contributed by atoms with E-state index in [0.717, 1.165) is 34.3 Å². The van der Waals surface area contributed by atoms with E-state index in [9.17, 15) is 31.2 Å². The zero-order chi connectivity index (χ0) is 29.4. The second-order valence-electron chi connectivity index (χ2n) is 9.44. The summed E-state index contributed by atoms with van der Waals surface area (Å²) in [6.07, 6.45) is -3.48. The van der Waals surface area contributed by atoms with Gasteiger partial charge in [0, 0.05) is 25.6 Å². The number of hydrogen-bond donors (Lipinski definition) is 1. The Bertz CT molecular complexity index is 1220. The van der Waals surface area contributed by atoms with Crippen molar-refractivity contribution in [2.24, 2.45) is 0 Å². The number of ether oxygens (including phenoxy) is 1. The van der Waals surface area contributed by atoms with Crippen molar-refractivity contribution in [1.82, 2.24) is 10.2 Å². The van der Waals surface area contributed by atoms with Crippen LogP contribution in [0.2, 0.25) is 0 Å². The number of alkyl halides is 3. The van der Waals surface area contributed by atoms with Gasteiger partial charge in [-0.25, -0.2) is 8.42 Å². The van der Waals surface area contributed by atoms with E-state index in [1.165, 1.54) is 18.1 Å². The second-order valence-corrected chi connectivity index (χ2v) is 11.4. The van der Waals surface area contributed by atoms with Gasteiger partial charge in [0.05, 0.1) is 24.6 Å². The van der Waals surface area contributed by atoms with Gasteiger partial charge in [0.25, 0.3) is 0 Å². The van der Waals surface area contributed by atoms with E-state index in [1.54, 1.807) is 31.2 Å². The normalized spacial score (nSPS) is 12.6. The predicted molar refractivity (Wildman–Crippen MR) is 144 cm³/mol. The first-order valence-electron chi connectivity index (χ1n) is 12.5. The maximum atomic E-state index is 13.4. The molecule has 0 aromatic heterocycles. The van der Waals surface area contributed by atoms with E-state index in [4.69, 9.17) is 4.74 Å². The Kier molecular flexibility index (Phi) is 11.2. The second kappa shape index (κ2) is 13.7. The van der Waals surface area contributed by atoms with Crippen LogP contribution in [0.15, 0.2) is 48.5 Å². The lowest BCUT2D eigenvalue weighted by Gasteiger charge is -2.31. The number of benzene rings is 2. The van der Waals surface area contributed by atoms with Crippen molar-refractivity contribution in [2.75, 3.05) is 24.2 Å². The number of amides is 2. The third-order valence-corrected chi connectivity index (χ3v) is 7.14. The molecular weight excluding hydrogens is 535 g/mol. The fourth-order valence-corrected chi connectivity index (χ4v) is 5.03. The average molecular weight is 572 g/mol. The van der Waals surface area contributed by atoms with Gasteiger partial charge in [-0.2, -0.15) is 13.2 Å². The molecule has 2 aromatic rings. The van der Waals surface area contributed by atoms with Gasteiger partial charge in [-0.1, -0.05) is 25.1 Å². The van der Waals surface area contributed by atoms with Crippen molar-refractivity contribution in [2.45, 2.75) is 64.8 Å². The number of halogens is 3. The average Bonchev–Trinajstić information content (AvgIpc) is 2.85. The zero-order valence-corrected chi connectivity index (χ0v) is 23.6. The van der Waals surface area contributed by atoms with E-state index in [2.05, 4.69) is 5.32 Å². The summed E-state index contributed by atoms with van der Waals surface area (Å²) in [6, 6.07) is 10.2. The highest BCUT2D eigenvalue weighted by molar-refractivity contribution is 7.92. The standard InChI is InChI=1S/C27H36F3N3O5S/c1-6-24(26(35)31-19(2)3)32(18-20-12-14-23(38-4)15-13-20)25(34)11-8-16-33(39(5,36)37)22-10-7-9-21(17-22)27(28,29)30/h7,9-10,12-15,17,19,24H,6,8,11,16,18H2,1-5H3,(H,31,35)/t24-/m0/s1. The summed E-state index contributed by atoms with van der Waals surface area (Å²) in [5, 5.41) is 2.83. The third-order valence-electron chi connectivity index (χ3n) is 5.94. The van der Waals surface area contributed by atoms with Gasteiger partial charge in [0.2, 0.25) is 21.8 Å². The van der Waals surface area contributed by atoms with Crippen LogP contribution in [0.1, 0.15) is 51.2 Å². The molecule has 0 heterocycles. The monoisotopic (exact) mass is 571 g/mol. The summed E-state index contributed by atoms with van der Waals surface area (Å²) >= 11 is 0. The van der Waals surface area contributed by atoms with Crippen molar-refractivity contribution < 1.29 is 35.9 Å². The lowest BCUT2D eigenvalue weighted by Crippen LogP contribution is -2.50. The molecule has 0 unspecified atom stereocenters. The number of nitrogens with zero attached hydrogens (tertiary/aromatic N) is 2. The van der Waals surface area contributed by atoms with Gasteiger partial charge in [0.1, 0.15) is 11.8 Å². The van der Waals surface area contributed by atoms with Gasteiger partial charge < -0.3 is 15.0 Å². The number of anilines is 1. The molecule has 1 atom stereocenters. The number of carbonyl (C=O) groups is 2. The van der Waals surface area contributed by atoms with Gasteiger partial charge >= 0.3 is 6.18 Å². The quantitative estimate of drug-likeness (QED) is 0.380. The number of nitrogens with one attached hydrogen (secondary N) is 1. The molecule has 1 N–H and O–H groups in total. The van der Waals surface area contributed by atoms with Crippen LogP contribution in [0.5, 0.6) is 5.75 Å². The van der Waals surface area contributed by atoms with Crippen molar-refractivity contribution in [3.05, 3.63) is 59.7 Å². The van der Waals surface area contributed by atoms with Crippen molar-refractivity contribution in [3.63, 3.8) is 0 Å². The molecule has 0 bridgehead atoms. The molecule has 0 saturated carbocycles. The minimum absolute atomic E-state index is 0.0312. The molecule has 2 rings (SSSR count). The molecule has 0 saturated heterocycles. The summed E-state index contributed by atoms with van der Waals surface area (Å²) in [7, 11) is -2.40. The van der Waals surface area contributed by atoms with Gasteiger partial charge in [-0.05, 0) is 62.6 Å². The van der Waals surface area contributed by atoms with Crippen LogP contribution in [0.4, 0.5) is 18.9 Å². The Labute approximate surface area is 228 Å². The van der Waals surface area contributed by atoms with Crippen LogP contribution >= 0.6 is 0 Å². The van der Waals surface area contributed by atoms with E-state index >= 15 is 0 Å². The number of sulfonamides is 1. The summed E-state index contributed by atoms with van der Waals surface area (Å²) in [4.78, 5) is 27.8. The molecule has 0 radical (unpaired) electrons. The fourth-order valence-electron chi connectivity index (χ4n) is 4.07. The summed E-state index contributed by atoms with van der Waals surface area (Å²) in [6.45, 7) is 5.34. The Morgan fingerprint density at radius 3 is 2.23 bits per heavy atom. The Balaban J connectivity index is 2.26. The number of methoxy groups -OCH3 is 1. The first-order chi connectivity index (χ1) is 18.2. The smallest absolute Gasteiger partial charge is 0.416 e. The first kappa shape index (κ1) is 31.9. The maximum Gasteiger partial charge on any atom is 0.416 e. The summed E-state index contributed by atoms with van der Waals surface area (Å²) in [5.41, 5.74) is -0.350. The highest BCUT2D eigenvalue weighted by Gasteiger charge is 2.32. The molecule has 0 aliphatic rings. The number of rotatable bonds is 13. The minimum atomic E-state index is -4.64. The van der Waals surface area contributed by atoms with Crippen molar-refractivity contribution in [3.8, 4) is 5.75 Å². The van der Waals surface area contributed by atoms with Crippen molar-refractivity contribution >= 4 is 27.5 Å². The molecule has 216 valence electrons. The summed E-state index contributed by atoms with van der Waals surface area (Å²) < 4.78 is 70.5. The molecule has 2 aromatic carbocycles. The predicted octanol–water partition coefficient (Wildman–Crippen LogP) is 4.59. The SMILES string of the molecule is CC[C@@H](C(=O)NC(C)C)N(Cc1ccc(OC)cc1)C(=O)CCCN(c1cccc(C(F)(F)F)c1)S(C)(=O)=O. The lowest BCUT2D eigenvalue weighted by molar-refractivity contribution is -0.141. The molecule has 2 amide bonds. The van der Waals surface area contributed by atoms with Gasteiger partial charge in [0.15, 0.2) is 0 Å². The molecule has 0 aliphatic carbocycles. The first-order valence-corrected chi connectivity index (χ1v) is 14.4. The molecule has 0 spiro atoms. The molecule has 39 heavy (non-hydrogen) atoms. The number of carbonyl (C=O) groups excluding carboxylic acids is 2. The van der Waals surface area contributed by atoms with E-state index in [0.29, 0.717) is 12.2 Å². The van der Waals surface area contributed by atoms with E-state index < -0.39 is 27.8 Å². The topological polar surface area (TPSA) is 96.0 Å². The number of hydrogen-bond acceptors (Lipinski definition) is 5. The highest BCUT2D eigenvalue weighted by atomic mass is 32.2. The van der Waals surface area contributed by atoms with E-state index in [1.807, 2.05) is 13.8 Å². The van der Waals surface area contributed by atoms with Crippen molar-refractivity contribution in [1.29, 1.82) is 0 Å². The molecule has 0 aliphatic heterocycles.